The molecule has 17 heavy (non-hydrogen) atoms. The van der Waals surface area contributed by atoms with Crippen molar-refractivity contribution < 1.29 is 9.53 Å². The number of nitrogens with zero attached hydrogens (tertiary/aromatic N) is 1. The largest absolute Gasteiger partial charge is 0.464 e. The van der Waals surface area contributed by atoms with E-state index in [1.54, 1.807) is 0 Å². The van der Waals surface area contributed by atoms with Gasteiger partial charge < -0.3 is 15.4 Å². The van der Waals surface area contributed by atoms with Crippen molar-refractivity contribution in [3.05, 3.63) is 30.3 Å². The van der Waals surface area contributed by atoms with Gasteiger partial charge >= 0.3 is 5.97 Å². The van der Waals surface area contributed by atoms with E-state index < -0.39 is 0 Å². The van der Waals surface area contributed by atoms with Gasteiger partial charge in [-0.3, -0.25) is 4.79 Å². The Morgan fingerprint density at radius 2 is 1.94 bits per heavy atom. The van der Waals surface area contributed by atoms with Crippen molar-refractivity contribution in [1.29, 1.82) is 0 Å². The van der Waals surface area contributed by atoms with Crippen LogP contribution in [0.5, 0.6) is 0 Å². The minimum absolute atomic E-state index is 0. The number of rotatable bonds is 6. The zero-order valence-corrected chi connectivity index (χ0v) is 10.8. The number of para-hydroxylation sites is 1. The summed E-state index contributed by atoms with van der Waals surface area (Å²) in [7, 11) is 0. The fourth-order valence-electron chi connectivity index (χ4n) is 1.46. The van der Waals surface area contributed by atoms with Gasteiger partial charge in [0.05, 0.1) is 6.54 Å². The van der Waals surface area contributed by atoms with E-state index in [9.17, 15) is 4.79 Å². The zero-order valence-electron chi connectivity index (χ0n) is 9.96. The number of halogens is 1. The smallest absolute Gasteiger partial charge is 0.302 e. The standard InChI is InChI=1S/C12H18N2O2.ClH/c1-11(15)16-10-9-14(8-7-13)12-5-3-2-4-6-12;/h2-6H,7-10,13H2,1H3;1H. The van der Waals surface area contributed by atoms with Crippen molar-refractivity contribution >= 4 is 24.1 Å². The summed E-state index contributed by atoms with van der Waals surface area (Å²) < 4.78 is 4.92. The van der Waals surface area contributed by atoms with E-state index in [0.29, 0.717) is 19.7 Å². The molecule has 5 heteroatoms. The predicted octanol–water partition coefficient (Wildman–Crippen LogP) is 1.44. The van der Waals surface area contributed by atoms with Gasteiger partial charge in [0.15, 0.2) is 0 Å². The van der Waals surface area contributed by atoms with Crippen LogP contribution < -0.4 is 10.6 Å². The van der Waals surface area contributed by atoms with E-state index >= 15 is 0 Å². The lowest BCUT2D eigenvalue weighted by atomic mass is 10.3. The second kappa shape index (κ2) is 8.84. The number of nitrogens with two attached hydrogens (primary N) is 1. The first-order chi connectivity index (χ1) is 7.74. The maximum Gasteiger partial charge on any atom is 0.302 e. The Balaban J connectivity index is 0.00000256. The average molecular weight is 259 g/mol. The third-order valence-electron chi connectivity index (χ3n) is 2.19. The topological polar surface area (TPSA) is 55.6 Å². The van der Waals surface area contributed by atoms with E-state index in [0.717, 1.165) is 12.2 Å². The van der Waals surface area contributed by atoms with Crippen LogP contribution in [0.15, 0.2) is 30.3 Å². The number of ether oxygens (including phenoxy) is 1. The Morgan fingerprint density at radius 3 is 2.47 bits per heavy atom. The van der Waals surface area contributed by atoms with Gasteiger partial charge in [0.2, 0.25) is 0 Å². The Hall–Kier alpha value is -1.26. The Bertz CT molecular complexity index is 320. The van der Waals surface area contributed by atoms with E-state index in [2.05, 4.69) is 4.90 Å². The number of carbonyl (C=O) groups excluding carboxylic acids is 1. The highest BCUT2D eigenvalue weighted by molar-refractivity contribution is 5.85. The molecule has 0 aliphatic carbocycles. The van der Waals surface area contributed by atoms with E-state index in [-0.39, 0.29) is 18.4 Å². The number of carbonyl (C=O) groups is 1. The quantitative estimate of drug-likeness (QED) is 0.785. The van der Waals surface area contributed by atoms with Crippen LogP contribution in [-0.4, -0.2) is 32.2 Å². The van der Waals surface area contributed by atoms with Crippen molar-refractivity contribution in [3.8, 4) is 0 Å². The molecule has 0 saturated carbocycles. The van der Waals surface area contributed by atoms with Gasteiger partial charge in [-0.05, 0) is 12.1 Å². The Kier molecular flexibility index (Phi) is 8.19. The molecule has 0 amide bonds. The highest BCUT2D eigenvalue weighted by Gasteiger charge is 2.05. The number of hydrogen-bond donors (Lipinski definition) is 1. The molecule has 0 aliphatic rings. The highest BCUT2D eigenvalue weighted by atomic mass is 35.5. The van der Waals surface area contributed by atoms with Crippen molar-refractivity contribution in [1.82, 2.24) is 0 Å². The lowest BCUT2D eigenvalue weighted by molar-refractivity contribution is -0.140. The summed E-state index contributed by atoms with van der Waals surface area (Å²) in [6.45, 7) is 3.81. The molecule has 0 atom stereocenters. The number of hydrogen-bond acceptors (Lipinski definition) is 4. The van der Waals surface area contributed by atoms with Gasteiger partial charge in [0.1, 0.15) is 6.61 Å². The van der Waals surface area contributed by atoms with Crippen LogP contribution in [0.25, 0.3) is 0 Å². The van der Waals surface area contributed by atoms with Gasteiger partial charge in [-0.25, -0.2) is 0 Å². The summed E-state index contributed by atoms with van der Waals surface area (Å²) in [4.78, 5) is 12.8. The number of benzene rings is 1. The van der Waals surface area contributed by atoms with Crippen molar-refractivity contribution in [3.63, 3.8) is 0 Å². The monoisotopic (exact) mass is 258 g/mol. The van der Waals surface area contributed by atoms with Gasteiger partial charge in [-0.1, -0.05) is 18.2 Å². The molecule has 0 aliphatic heterocycles. The zero-order chi connectivity index (χ0) is 11.8. The van der Waals surface area contributed by atoms with Crippen LogP contribution in [0.2, 0.25) is 0 Å². The molecular weight excluding hydrogens is 240 g/mol. The van der Waals surface area contributed by atoms with E-state index in [1.165, 1.54) is 6.92 Å². The molecule has 0 unspecified atom stereocenters. The number of anilines is 1. The normalized spacial score (nSPS) is 9.29. The molecule has 0 heterocycles. The highest BCUT2D eigenvalue weighted by Crippen LogP contribution is 2.11. The first-order valence-corrected chi connectivity index (χ1v) is 5.37. The van der Waals surface area contributed by atoms with Gasteiger partial charge in [-0.2, -0.15) is 0 Å². The minimum atomic E-state index is -0.249. The van der Waals surface area contributed by atoms with Crippen LogP contribution >= 0.6 is 12.4 Å². The molecule has 0 saturated heterocycles. The molecule has 1 aromatic rings. The third-order valence-corrected chi connectivity index (χ3v) is 2.19. The molecule has 1 aromatic carbocycles. The SMILES string of the molecule is CC(=O)OCCN(CCN)c1ccccc1.Cl. The molecule has 4 nitrogen and oxygen atoms in total. The Labute approximate surface area is 108 Å². The molecule has 0 aromatic heterocycles. The second-order valence-electron chi connectivity index (χ2n) is 3.45. The summed E-state index contributed by atoms with van der Waals surface area (Å²) >= 11 is 0. The predicted molar refractivity (Wildman–Crippen MR) is 71.6 cm³/mol. The van der Waals surface area contributed by atoms with Crippen LogP contribution in [0.3, 0.4) is 0 Å². The first kappa shape index (κ1) is 15.7. The van der Waals surface area contributed by atoms with Crippen LogP contribution in [0, 0.1) is 0 Å². The van der Waals surface area contributed by atoms with Gasteiger partial charge in [-0.15, -0.1) is 12.4 Å². The van der Waals surface area contributed by atoms with Crippen LogP contribution in [0.1, 0.15) is 6.92 Å². The fraction of sp³-hybridized carbons (Fsp3) is 0.417. The molecule has 0 fully saturated rings. The van der Waals surface area contributed by atoms with Crippen LogP contribution in [-0.2, 0) is 9.53 Å². The maximum atomic E-state index is 10.7. The minimum Gasteiger partial charge on any atom is -0.464 e. The summed E-state index contributed by atoms with van der Waals surface area (Å²) in [5.41, 5.74) is 6.65. The molecule has 0 bridgehead atoms. The van der Waals surface area contributed by atoms with E-state index in [1.807, 2.05) is 30.3 Å². The van der Waals surface area contributed by atoms with Crippen LogP contribution in [0.4, 0.5) is 5.69 Å². The average Bonchev–Trinajstić information content (AvgIpc) is 2.29. The molecule has 2 N–H and O–H groups in total. The van der Waals surface area contributed by atoms with Crippen molar-refractivity contribution in [2.45, 2.75) is 6.92 Å². The molecule has 0 radical (unpaired) electrons. The summed E-state index contributed by atoms with van der Waals surface area (Å²) in [6.07, 6.45) is 0. The lowest BCUT2D eigenvalue weighted by Crippen LogP contribution is -2.32. The summed E-state index contributed by atoms with van der Waals surface area (Å²) in [5, 5.41) is 0. The van der Waals surface area contributed by atoms with Crippen molar-refractivity contribution in [2.24, 2.45) is 5.73 Å². The lowest BCUT2D eigenvalue weighted by Gasteiger charge is -2.23. The maximum absolute atomic E-state index is 10.7. The van der Waals surface area contributed by atoms with Gasteiger partial charge in [0.25, 0.3) is 0 Å². The molecular formula is C12H19ClN2O2. The van der Waals surface area contributed by atoms with Crippen molar-refractivity contribution in [2.75, 3.05) is 31.1 Å². The molecule has 96 valence electrons. The second-order valence-corrected chi connectivity index (χ2v) is 3.45. The Morgan fingerprint density at radius 1 is 1.29 bits per heavy atom. The summed E-state index contributed by atoms with van der Waals surface area (Å²) in [6, 6.07) is 9.96. The van der Waals surface area contributed by atoms with Gasteiger partial charge in [0, 0.05) is 25.7 Å². The fourth-order valence-corrected chi connectivity index (χ4v) is 1.46. The number of esters is 1. The third kappa shape index (κ3) is 6.14. The molecule has 0 spiro atoms. The van der Waals surface area contributed by atoms with E-state index in [4.69, 9.17) is 10.5 Å². The molecule has 1 rings (SSSR count). The summed E-state index contributed by atoms with van der Waals surface area (Å²) in [5.74, 6) is -0.249. The first-order valence-electron chi connectivity index (χ1n) is 5.37.